The van der Waals surface area contributed by atoms with Crippen LogP contribution in [0.4, 0.5) is 5.95 Å². The van der Waals surface area contributed by atoms with Crippen molar-refractivity contribution in [2.24, 2.45) is 0 Å². The molecule has 0 saturated carbocycles. The molecular formula is C8H10BrN3. The Bertz CT molecular complexity index is 285. The Morgan fingerprint density at radius 3 is 3.08 bits per heavy atom. The monoisotopic (exact) mass is 227 g/mol. The molecule has 0 radical (unpaired) electrons. The number of rotatable bonds is 3. The highest BCUT2D eigenvalue weighted by molar-refractivity contribution is 9.11. The highest BCUT2D eigenvalue weighted by Gasteiger charge is 1.94. The molecule has 0 aliphatic heterocycles. The first-order valence-electron chi connectivity index (χ1n) is 3.55. The fraction of sp³-hybridized carbons (Fsp3) is 0.250. The fourth-order valence-electron chi connectivity index (χ4n) is 0.709. The Kier molecular flexibility index (Phi) is 3.22. The van der Waals surface area contributed by atoms with Crippen molar-refractivity contribution >= 4 is 21.9 Å². The molecule has 0 spiro atoms. The molecule has 0 bridgehead atoms. The topological polar surface area (TPSA) is 37.8 Å². The lowest BCUT2D eigenvalue weighted by molar-refractivity contribution is 1.07. The molecule has 1 heterocycles. The van der Waals surface area contributed by atoms with E-state index in [1.165, 1.54) is 0 Å². The first kappa shape index (κ1) is 9.19. The summed E-state index contributed by atoms with van der Waals surface area (Å²) in [6.07, 6.45) is 1.72. The van der Waals surface area contributed by atoms with E-state index in [-0.39, 0.29) is 0 Å². The Labute approximate surface area is 80.1 Å². The van der Waals surface area contributed by atoms with Gasteiger partial charge in [0.1, 0.15) is 0 Å². The van der Waals surface area contributed by atoms with Gasteiger partial charge < -0.3 is 5.32 Å². The van der Waals surface area contributed by atoms with E-state index in [4.69, 9.17) is 0 Å². The van der Waals surface area contributed by atoms with Gasteiger partial charge in [-0.2, -0.15) is 0 Å². The van der Waals surface area contributed by atoms with Gasteiger partial charge in [-0.05, 0) is 13.0 Å². The van der Waals surface area contributed by atoms with Crippen molar-refractivity contribution in [2.45, 2.75) is 6.92 Å². The van der Waals surface area contributed by atoms with Gasteiger partial charge in [0.05, 0.1) is 0 Å². The van der Waals surface area contributed by atoms with Gasteiger partial charge in [-0.15, -0.1) is 0 Å². The molecule has 12 heavy (non-hydrogen) atoms. The van der Waals surface area contributed by atoms with Gasteiger partial charge in [-0.3, -0.25) is 0 Å². The maximum Gasteiger partial charge on any atom is 0.223 e. The summed E-state index contributed by atoms with van der Waals surface area (Å²) in [6.45, 7) is 6.26. The van der Waals surface area contributed by atoms with Crippen LogP contribution in [0, 0.1) is 6.92 Å². The van der Waals surface area contributed by atoms with E-state index in [0.717, 1.165) is 10.2 Å². The van der Waals surface area contributed by atoms with Gasteiger partial charge in [0.15, 0.2) is 0 Å². The second-order valence-corrected chi connectivity index (χ2v) is 3.51. The maximum atomic E-state index is 4.16. The molecule has 0 aliphatic carbocycles. The third-order valence-corrected chi connectivity index (χ3v) is 1.51. The van der Waals surface area contributed by atoms with E-state index < -0.39 is 0 Å². The van der Waals surface area contributed by atoms with Gasteiger partial charge in [-0.25, -0.2) is 9.97 Å². The number of nitrogens with zero attached hydrogens (tertiary/aromatic N) is 2. The summed E-state index contributed by atoms with van der Waals surface area (Å²) < 4.78 is 0.882. The Hall–Kier alpha value is -0.900. The van der Waals surface area contributed by atoms with Crippen molar-refractivity contribution in [3.05, 3.63) is 29.0 Å². The maximum absolute atomic E-state index is 4.16. The normalized spacial score (nSPS) is 9.50. The van der Waals surface area contributed by atoms with Crippen molar-refractivity contribution in [3.63, 3.8) is 0 Å². The van der Waals surface area contributed by atoms with E-state index in [9.17, 15) is 0 Å². The zero-order chi connectivity index (χ0) is 8.97. The van der Waals surface area contributed by atoms with Crippen molar-refractivity contribution in [2.75, 3.05) is 11.9 Å². The molecule has 64 valence electrons. The number of hydrogen-bond acceptors (Lipinski definition) is 3. The summed E-state index contributed by atoms with van der Waals surface area (Å²) >= 11 is 3.24. The molecule has 3 nitrogen and oxygen atoms in total. The second kappa shape index (κ2) is 4.21. The predicted octanol–water partition coefficient (Wildman–Crippen LogP) is 2.11. The van der Waals surface area contributed by atoms with Crippen molar-refractivity contribution < 1.29 is 0 Å². The minimum Gasteiger partial charge on any atom is -0.350 e. The molecule has 0 aromatic carbocycles. The molecule has 1 N–H and O–H groups in total. The van der Waals surface area contributed by atoms with E-state index >= 15 is 0 Å². The van der Waals surface area contributed by atoms with Crippen molar-refractivity contribution in [1.82, 2.24) is 9.97 Å². The summed E-state index contributed by atoms with van der Waals surface area (Å²) in [5.74, 6) is 0.635. The number of nitrogens with one attached hydrogen (secondary N) is 1. The molecule has 1 rings (SSSR count). The highest BCUT2D eigenvalue weighted by Crippen LogP contribution is 2.03. The molecule has 0 amide bonds. The molecule has 0 saturated heterocycles. The smallest absolute Gasteiger partial charge is 0.223 e. The van der Waals surface area contributed by atoms with Crippen LogP contribution in [0.3, 0.4) is 0 Å². The molecule has 0 fully saturated rings. The zero-order valence-electron chi connectivity index (χ0n) is 6.84. The zero-order valence-corrected chi connectivity index (χ0v) is 8.43. The van der Waals surface area contributed by atoms with Crippen LogP contribution in [0.25, 0.3) is 0 Å². The average molecular weight is 228 g/mol. The van der Waals surface area contributed by atoms with Gasteiger partial charge in [0.2, 0.25) is 5.95 Å². The van der Waals surface area contributed by atoms with E-state index in [0.29, 0.717) is 12.5 Å². The molecule has 1 aromatic rings. The number of hydrogen-bond donors (Lipinski definition) is 1. The van der Waals surface area contributed by atoms with Crippen LogP contribution in [-0.2, 0) is 0 Å². The SMILES string of the molecule is C=C(Br)CNc1nccc(C)n1. The number of anilines is 1. The van der Waals surface area contributed by atoms with Crippen LogP contribution >= 0.6 is 15.9 Å². The van der Waals surface area contributed by atoms with Crippen molar-refractivity contribution in [3.8, 4) is 0 Å². The quantitative estimate of drug-likeness (QED) is 0.860. The molecule has 0 atom stereocenters. The van der Waals surface area contributed by atoms with Gasteiger partial charge in [-0.1, -0.05) is 22.5 Å². The standard InChI is InChI=1S/C8H10BrN3/c1-6(9)5-11-8-10-4-3-7(2)12-8/h3-4H,1,5H2,2H3,(H,10,11,12). The van der Waals surface area contributed by atoms with Crippen LogP contribution in [-0.4, -0.2) is 16.5 Å². The molecular weight excluding hydrogens is 218 g/mol. The summed E-state index contributed by atoms with van der Waals surface area (Å²) in [6, 6.07) is 1.86. The number of halogens is 1. The lowest BCUT2D eigenvalue weighted by Crippen LogP contribution is -2.04. The first-order valence-corrected chi connectivity index (χ1v) is 4.34. The molecule has 0 aliphatic rings. The number of aryl methyl sites for hydroxylation is 1. The Morgan fingerprint density at radius 2 is 2.50 bits per heavy atom. The Morgan fingerprint density at radius 1 is 1.75 bits per heavy atom. The highest BCUT2D eigenvalue weighted by atomic mass is 79.9. The second-order valence-electron chi connectivity index (χ2n) is 2.39. The van der Waals surface area contributed by atoms with Gasteiger partial charge in [0.25, 0.3) is 0 Å². The van der Waals surface area contributed by atoms with E-state index in [2.05, 4.69) is 37.8 Å². The largest absolute Gasteiger partial charge is 0.350 e. The Balaban J connectivity index is 2.57. The predicted molar refractivity (Wildman–Crippen MR) is 53.3 cm³/mol. The summed E-state index contributed by atoms with van der Waals surface area (Å²) in [5, 5.41) is 3.02. The lowest BCUT2D eigenvalue weighted by atomic mass is 10.5. The van der Waals surface area contributed by atoms with Crippen LogP contribution < -0.4 is 5.32 Å². The van der Waals surface area contributed by atoms with Crippen LogP contribution in [0.1, 0.15) is 5.69 Å². The lowest BCUT2D eigenvalue weighted by Gasteiger charge is -2.02. The van der Waals surface area contributed by atoms with Gasteiger partial charge >= 0.3 is 0 Å². The van der Waals surface area contributed by atoms with Crippen LogP contribution in [0.2, 0.25) is 0 Å². The number of aromatic nitrogens is 2. The summed E-state index contributed by atoms with van der Waals surface area (Å²) in [4.78, 5) is 8.19. The van der Waals surface area contributed by atoms with E-state index in [1.54, 1.807) is 6.20 Å². The summed E-state index contributed by atoms with van der Waals surface area (Å²) in [5.41, 5.74) is 0.952. The first-order chi connectivity index (χ1) is 5.68. The molecule has 4 heteroatoms. The average Bonchev–Trinajstić information content (AvgIpc) is 2.01. The van der Waals surface area contributed by atoms with Crippen molar-refractivity contribution in [1.29, 1.82) is 0 Å². The third kappa shape index (κ3) is 3.00. The minimum absolute atomic E-state index is 0.635. The minimum atomic E-state index is 0.635. The fourth-order valence-corrected chi connectivity index (χ4v) is 0.849. The molecule has 1 aromatic heterocycles. The third-order valence-electron chi connectivity index (χ3n) is 1.23. The summed E-state index contributed by atoms with van der Waals surface area (Å²) in [7, 11) is 0. The van der Waals surface area contributed by atoms with Crippen LogP contribution in [0.15, 0.2) is 23.3 Å². The van der Waals surface area contributed by atoms with Gasteiger partial charge in [0, 0.05) is 22.9 Å². The van der Waals surface area contributed by atoms with Crippen LogP contribution in [0.5, 0.6) is 0 Å². The molecule has 0 unspecified atom stereocenters. The van der Waals surface area contributed by atoms with E-state index in [1.807, 2.05) is 13.0 Å².